The molecule has 1 saturated heterocycles. The molecule has 0 radical (unpaired) electrons. The predicted octanol–water partition coefficient (Wildman–Crippen LogP) is 0.297. The number of rotatable bonds is 6. The zero-order valence-electron chi connectivity index (χ0n) is 11.4. The van der Waals surface area contributed by atoms with E-state index in [0.717, 1.165) is 0 Å². The molecule has 0 spiro atoms. The van der Waals surface area contributed by atoms with Gasteiger partial charge in [0.15, 0.2) is 0 Å². The third kappa shape index (κ3) is 5.44. The van der Waals surface area contributed by atoms with Gasteiger partial charge in [-0.25, -0.2) is 4.79 Å². The van der Waals surface area contributed by atoms with Crippen LogP contribution >= 0.6 is 0 Å². The molecule has 0 aliphatic carbocycles. The SMILES string of the molecule is CCN(C(=O)NCC1COCCO1)C(C)CC(=O)O. The summed E-state index contributed by atoms with van der Waals surface area (Å²) in [6.07, 6.45) is -0.198. The molecular formula is C12H22N2O5. The van der Waals surface area contributed by atoms with E-state index < -0.39 is 5.97 Å². The second kappa shape index (κ2) is 7.96. The van der Waals surface area contributed by atoms with Crippen LogP contribution in [0.3, 0.4) is 0 Å². The number of amides is 2. The Labute approximate surface area is 112 Å². The maximum Gasteiger partial charge on any atom is 0.317 e. The smallest absolute Gasteiger partial charge is 0.317 e. The number of urea groups is 1. The molecule has 2 N–H and O–H groups in total. The fraction of sp³-hybridized carbons (Fsp3) is 0.833. The van der Waals surface area contributed by atoms with E-state index in [4.69, 9.17) is 14.6 Å². The van der Waals surface area contributed by atoms with Gasteiger partial charge in [0.1, 0.15) is 0 Å². The number of carbonyl (C=O) groups excluding carboxylic acids is 1. The molecule has 7 heteroatoms. The van der Waals surface area contributed by atoms with Gasteiger partial charge in [-0.2, -0.15) is 0 Å². The first-order chi connectivity index (χ1) is 9.04. The summed E-state index contributed by atoms with van der Waals surface area (Å²) in [6.45, 7) is 5.96. The van der Waals surface area contributed by atoms with Crippen molar-refractivity contribution in [2.75, 3.05) is 32.9 Å². The molecule has 2 atom stereocenters. The van der Waals surface area contributed by atoms with Gasteiger partial charge in [0.05, 0.1) is 32.3 Å². The van der Waals surface area contributed by atoms with Crippen molar-refractivity contribution in [3.05, 3.63) is 0 Å². The summed E-state index contributed by atoms with van der Waals surface area (Å²) in [4.78, 5) is 24.1. The lowest BCUT2D eigenvalue weighted by Gasteiger charge is -2.29. The van der Waals surface area contributed by atoms with Crippen LogP contribution in [-0.2, 0) is 14.3 Å². The molecule has 0 aromatic rings. The van der Waals surface area contributed by atoms with E-state index in [0.29, 0.717) is 32.9 Å². The second-order valence-corrected chi connectivity index (χ2v) is 4.49. The molecule has 19 heavy (non-hydrogen) atoms. The van der Waals surface area contributed by atoms with Gasteiger partial charge in [-0.1, -0.05) is 0 Å². The zero-order chi connectivity index (χ0) is 14.3. The Morgan fingerprint density at radius 1 is 1.47 bits per heavy atom. The van der Waals surface area contributed by atoms with Crippen LogP contribution in [0.25, 0.3) is 0 Å². The lowest BCUT2D eigenvalue weighted by molar-refractivity contribution is -0.138. The molecule has 2 amide bonds. The monoisotopic (exact) mass is 274 g/mol. The van der Waals surface area contributed by atoms with Gasteiger partial charge in [0, 0.05) is 19.1 Å². The molecule has 0 bridgehead atoms. The number of ether oxygens (including phenoxy) is 2. The number of carboxylic acids is 1. The van der Waals surface area contributed by atoms with Gasteiger partial charge in [0.25, 0.3) is 0 Å². The van der Waals surface area contributed by atoms with Crippen LogP contribution in [0, 0.1) is 0 Å². The Balaban J connectivity index is 2.37. The number of hydrogen-bond donors (Lipinski definition) is 2. The molecule has 1 rings (SSSR count). The van der Waals surface area contributed by atoms with Crippen LogP contribution in [-0.4, -0.2) is 67.1 Å². The molecule has 1 aliphatic rings. The highest BCUT2D eigenvalue weighted by Crippen LogP contribution is 2.05. The van der Waals surface area contributed by atoms with Crippen molar-refractivity contribution in [2.24, 2.45) is 0 Å². The van der Waals surface area contributed by atoms with Crippen LogP contribution in [0.15, 0.2) is 0 Å². The van der Waals surface area contributed by atoms with Gasteiger partial charge in [0.2, 0.25) is 0 Å². The van der Waals surface area contributed by atoms with E-state index >= 15 is 0 Å². The van der Waals surface area contributed by atoms with Crippen molar-refractivity contribution >= 4 is 12.0 Å². The maximum absolute atomic E-state index is 12.0. The largest absolute Gasteiger partial charge is 0.481 e. The first-order valence-electron chi connectivity index (χ1n) is 6.50. The van der Waals surface area contributed by atoms with Crippen molar-refractivity contribution < 1.29 is 24.2 Å². The number of hydrogen-bond acceptors (Lipinski definition) is 4. The minimum atomic E-state index is -0.914. The summed E-state index contributed by atoms with van der Waals surface area (Å²) in [5, 5.41) is 11.5. The highest BCUT2D eigenvalue weighted by Gasteiger charge is 2.22. The Kier molecular flexibility index (Phi) is 6.58. The third-order valence-electron chi connectivity index (χ3n) is 2.97. The average molecular weight is 274 g/mol. The summed E-state index contributed by atoms with van der Waals surface area (Å²) in [6, 6.07) is -0.614. The average Bonchev–Trinajstić information content (AvgIpc) is 2.37. The third-order valence-corrected chi connectivity index (χ3v) is 2.97. The van der Waals surface area contributed by atoms with Gasteiger partial charge in [-0.05, 0) is 13.8 Å². The lowest BCUT2D eigenvalue weighted by atomic mass is 10.2. The molecule has 1 fully saturated rings. The number of carbonyl (C=O) groups is 2. The molecule has 1 aliphatic heterocycles. The van der Waals surface area contributed by atoms with E-state index in [1.165, 1.54) is 4.90 Å². The van der Waals surface area contributed by atoms with E-state index in [9.17, 15) is 9.59 Å². The summed E-state index contributed by atoms with van der Waals surface area (Å²) in [5.74, 6) is -0.914. The van der Waals surface area contributed by atoms with Gasteiger partial charge in [-0.15, -0.1) is 0 Å². The van der Waals surface area contributed by atoms with E-state index in [1.54, 1.807) is 6.92 Å². The quantitative estimate of drug-likeness (QED) is 0.727. The molecule has 0 aromatic carbocycles. The van der Waals surface area contributed by atoms with Gasteiger partial charge < -0.3 is 24.8 Å². The Hall–Kier alpha value is -1.34. The van der Waals surface area contributed by atoms with Crippen LogP contribution in [0.4, 0.5) is 4.79 Å². The highest BCUT2D eigenvalue weighted by atomic mass is 16.6. The maximum atomic E-state index is 12.0. The van der Waals surface area contributed by atoms with Gasteiger partial charge in [-0.3, -0.25) is 4.79 Å². The minimum absolute atomic E-state index is 0.0652. The van der Waals surface area contributed by atoms with Crippen LogP contribution < -0.4 is 5.32 Å². The number of carboxylic acid groups (broad SMARTS) is 1. The van der Waals surface area contributed by atoms with Crippen molar-refractivity contribution in [2.45, 2.75) is 32.4 Å². The van der Waals surface area contributed by atoms with E-state index in [1.807, 2.05) is 6.92 Å². The topological polar surface area (TPSA) is 88.1 Å². The zero-order valence-corrected chi connectivity index (χ0v) is 11.4. The molecule has 1 heterocycles. The number of aliphatic carboxylic acids is 1. The van der Waals surface area contributed by atoms with E-state index in [-0.39, 0.29) is 24.6 Å². The van der Waals surface area contributed by atoms with Gasteiger partial charge >= 0.3 is 12.0 Å². The summed E-state index contributed by atoms with van der Waals surface area (Å²) in [5.41, 5.74) is 0. The van der Waals surface area contributed by atoms with Crippen LogP contribution in [0.5, 0.6) is 0 Å². The predicted molar refractivity (Wildman–Crippen MR) is 68.1 cm³/mol. The minimum Gasteiger partial charge on any atom is -0.481 e. The number of nitrogens with one attached hydrogen (secondary N) is 1. The molecule has 110 valence electrons. The molecule has 7 nitrogen and oxygen atoms in total. The normalized spacial score (nSPS) is 20.6. The molecular weight excluding hydrogens is 252 g/mol. The van der Waals surface area contributed by atoms with Crippen molar-refractivity contribution in [1.82, 2.24) is 10.2 Å². The lowest BCUT2D eigenvalue weighted by Crippen LogP contribution is -2.49. The second-order valence-electron chi connectivity index (χ2n) is 4.49. The highest BCUT2D eigenvalue weighted by molar-refractivity contribution is 5.75. The molecule has 0 saturated carbocycles. The summed E-state index contributed by atoms with van der Waals surface area (Å²) < 4.78 is 10.6. The number of nitrogens with zero attached hydrogens (tertiary/aromatic N) is 1. The van der Waals surface area contributed by atoms with Crippen LogP contribution in [0.1, 0.15) is 20.3 Å². The van der Waals surface area contributed by atoms with Crippen molar-refractivity contribution in [3.63, 3.8) is 0 Å². The first kappa shape index (κ1) is 15.7. The molecule has 0 aromatic heterocycles. The van der Waals surface area contributed by atoms with Crippen LogP contribution in [0.2, 0.25) is 0 Å². The van der Waals surface area contributed by atoms with Crippen molar-refractivity contribution in [1.29, 1.82) is 0 Å². The van der Waals surface area contributed by atoms with E-state index in [2.05, 4.69) is 5.32 Å². The Bertz CT molecular complexity index is 304. The fourth-order valence-electron chi connectivity index (χ4n) is 1.98. The first-order valence-corrected chi connectivity index (χ1v) is 6.50. The Morgan fingerprint density at radius 3 is 2.74 bits per heavy atom. The summed E-state index contributed by atoms with van der Waals surface area (Å²) >= 11 is 0. The van der Waals surface area contributed by atoms with Crippen molar-refractivity contribution in [3.8, 4) is 0 Å². The molecule has 2 unspecified atom stereocenters. The standard InChI is InChI=1S/C12H22N2O5/c1-3-14(9(2)6-11(15)16)12(17)13-7-10-8-18-4-5-19-10/h9-10H,3-8H2,1-2H3,(H,13,17)(H,15,16). The summed E-state index contributed by atoms with van der Waals surface area (Å²) in [7, 11) is 0. The fourth-order valence-corrected chi connectivity index (χ4v) is 1.98. The Morgan fingerprint density at radius 2 is 2.21 bits per heavy atom.